The van der Waals surface area contributed by atoms with Crippen LogP contribution in [-0.2, 0) is 9.59 Å². The first-order valence-electron chi connectivity index (χ1n) is 5.29. The number of carboxylic acid groups (broad SMARTS) is 1. The average Bonchev–Trinajstić information content (AvgIpc) is 2.16. The molecule has 0 aliphatic rings. The number of Topliss-reactive ketones (excluding diaryl/α,β-unsaturated/α-hetero) is 1. The summed E-state index contributed by atoms with van der Waals surface area (Å²) in [5, 5.41) is 9.01. The standard InChI is InChI=1S/C11H20O3S/c1-5-7-9(12)11(4,10(13)14)8(3)15-6-2/h8H,5-7H2,1-4H3,(H,13,14)/t8-,11?/m0/s1. The van der Waals surface area contributed by atoms with Gasteiger partial charge < -0.3 is 5.11 Å². The third-order valence-corrected chi connectivity index (χ3v) is 4.04. The SMILES string of the molecule is CCCC(=O)C(C)(C(=O)O)[C@H](C)SCC. The second-order valence-electron chi connectivity index (χ2n) is 3.78. The van der Waals surface area contributed by atoms with Crippen LogP contribution in [0.4, 0.5) is 0 Å². The summed E-state index contributed by atoms with van der Waals surface area (Å²) in [7, 11) is 0. The van der Waals surface area contributed by atoms with Gasteiger partial charge in [-0.1, -0.05) is 20.8 Å². The molecule has 1 unspecified atom stereocenters. The van der Waals surface area contributed by atoms with Crippen LogP contribution in [0.1, 0.15) is 40.5 Å². The van der Waals surface area contributed by atoms with Crippen molar-refractivity contribution in [3.8, 4) is 0 Å². The van der Waals surface area contributed by atoms with Crippen molar-refractivity contribution >= 4 is 23.5 Å². The molecule has 0 radical (unpaired) electrons. The van der Waals surface area contributed by atoms with Crippen LogP contribution < -0.4 is 0 Å². The highest BCUT2D eigenvalue weighted by Crippen LogP contribution is 2.33. The quantitative estimate of drug-likeness (QED) is 0.685. The molecule has 0 rings (SSSR count). The van der Waals surface area contributed by atoms with Crippen molar-refractivity contribution in [2.24, 2.45) is 5.41 Å². The van der Waals surface area contributed by atoms with E-state index in [4.69, 9.17) is 0 Å². The van der Waals surface area contributed by atoms with Gasteiger partial charge >= 0.3 is 5.97 Å². The second kappa shape index (κ2) is 6.16. The van der Waals surface area contributed by atoms with Crippen LogP contribution >= 0.6 is 11.8 Å². The number of carbonyl (C=O) groups is 2. The fourth-order valence-corrected chi connectivity index (χ4v) is 2.49. The Morgan fingerprint density at radius 3 is 2.27 bits per heavy atom. The van der Waals surface area contributed by atoms with E-state index in [1.165, 1.54) is 11.8 Å². The largest absolute Gasteiger partial charge is 0.480 e. The molecule has 2 atom stereocenters. The van der Waals surface area contributed by atoms with E-state index >= 15 is 0 Å². The first kappa shape index (κ1) is 14.5. The Hall–Kier alpha value is -0.510. The molecule has 4 heteroatoms. The molecule has 88 valence electrons. The van der Waals surface area contributed by atoms with Crippen LogP contribution in [0.5, 0.6) is 0 Å². The summed E-state index contributed by atoms with van der Waals surface area (Å²) < 4.78 is 0. The lowest BCUT2D eigenvalue weighted by Crippen LogP contribution is -2.44. The van der Waals surface area contributed by atoms with Crippen molar-refractivity contribution in [1.82, 2.24) is 0 Å². The van der Waals surface area contributed by atoms with E-state index in [1.807, 2.05) is 20.8 Å². The number of thioether (sulfide) groups is 1. The van der Waals surface area contributed by atoms with Gasteiger partial charge in [-0.3, -0.25) is 9.59 Å². The normalized spacial score (nSPS) is 16.8. The second-order valence-corrected chi connectivity index (χ2v) is 5.40. The summed E-state index contributed by atoms with van der Waals surface area (Å²) in [6.07, 6.45) is 1.04. The minimum absolute atomic E-state index is 0.161. The molecule has 0 aliphatic carbocycles. The molecule has 0 saturated carbocycles. The Balaban J connectivity index is 4.88. The van der Waals surface area contributed by atoms with Crippen molar-refractivity contribution < 1.29 is 14.7 Å². The Morgan fingerprint density at radius 2 is 1.93 bits per heavy atom. The number of carbonyl (C=O) groups excluding carboxylic acids is 1. The molecule has 0 bridgehead atoms. The minimum Gasteiger partial charge on any atom is -0.480 e. The zero-order chi connectivity index (χ0) is 12.1. The van der Waals surface area contributed by atoms with Crippen LogP contribution in [0.2, 0.25) is 0 Å². The van der Waals surface area contributed by atoms with Crippen LogP contribution in [0, 0.1) is 5.41 Å². The number of ketones is 1. The molecule has 15 heavy (non-hydrogen) atoms. The van der Waals surface area contributed by atoms with E-state index < -0.39 is 11.4 Å². The molecule has 0 aliphatic heterocycles. The van der Waals surface area contributed by atoms with Crippen molar-refractivity contribution in [2.75, 3.05) is 5.75 Å². The number of rotatable bonds is 7. The molecule has 0 amide bonds. The molecule has 3 nitrogen and oxygen atoms in total. The number of hydrogen-bond donors (Lipinski definition) is 1. The van der Waals surface area contributed by atoms with Gasteiger partial charge in [0.25, 0.3) is 0 Å². The predicted octanol–water partition coefficient (Wildman–Crippen LogP) is 2.59. The third-order valence-electron chi connectivity index (χ3n) is 2.73. The van der Waals surface area contributed by atoms with Crippen LogP contribution in [0.15, 0.2) is 0 Å². The summed E-state index contributed by atoms with van der Waals surface area (Å²) >= 11 is 1.52. The first-order valence-corrected chi connectivity index (χ1v) is 6.34. The monoisotopic (exact) mass is 232 g/mol. The Labute approximate surface area is 95.6 Å². The summed E-state index contributed by atoms with van der Waals surface area (Å²) in [5.41, 5.74) is -1.24. The van der Waals surface area contributed by atoms with Crippen LogP contribution in [0.3, 0.4) is 0 Å². The molecule has 0 heterocycles. The van der Waals surface area contributed by atoms with E-state index in [9.17, 15) is 14.7 Å². The lowest BCUT2D eigenvalue weighted by molar-refractivity contribution is -0.153. The molecular weight excluding hydrogens is 212 g/mol. The maximum atomic E-state index is 11.8. The van der Waals surface area contributed by atoms with E-state index in [1.54, 1.807) is 6.92 Å². The third kappa shape index (κ3) is 3.23. The number of aliphatic carboxylic acids is 1. The van der Waals surface area contributed by atoms with Crippen LogP contribution in [0.25, 0.3) is 0 Å². The maximum absolute atomic E-state index is 11.8. The van der Waals surface area contributed by atoms with E-state index in [0.29, 0.717) is 12.8 Å². The van der Waals surface area contributed by atoms with Crippen molar-refractivity contribution in [2.45, 2.75) is 45.8 Å². The molecule has 0 spiro atoms. The summed E-state index contributed by atoms with van der Waals surface area (Å²) in [5.74, 6) is -0.343. The molecule has 0 saturated heterocycles. The predicted molar refractivity (Wildman–Crippen MR) is 63.3 cm³/mol. The van der Waals surface area contributed by atoms with E-state index in [2.05, 4.69) is 0 Å². The summed E-state index contributed by atoms with van der Waals surface area (Å²) in [4.78, 5) is 23.0. The Kier molecular flexibility index (Phi) is 5.95. The molecule has 0 fully saturated rings. The van der Waals surface area contributed by atoms with Gasteiger partial charge in [0.05, 0.1) is 0 Å². The smallest absolute Gasteiger partial charge is 0.318 e. The van der Waals surface area contributed by atoms with Gasteiger partial charge in [-0.15, -0.1) is 0 Å². The van der Waals surface area contributed by atoms with Crippen molar-refractivity contribution in [3.05, 3.63) is 0 Å². The van der Waals surface area contributed by atoms with E-state index in [-0.39, 0.29) is 11.0 Å². The molecular formula is C11H20O3S. The lowest BCUT2D eigenvalue weighted by atomic mass is 9.81. The molecule has 0 aromatic rings. The van der Waals surface area contributed by atoms with E-state index in [0.717, 1.165) is 5.75 Å². The first-order chi connectivity index (χ1) is 6.91. The van der Waals surface area contributed by atoms with Gasteiger partial charge in [0.1, 0.15) is 5.41 Å². The van der Waals surface area contributed by atoms with Gasteiger partial charge in [0.2, 0.25) is 0 Å². The number of hydrogen-bond acceptors (Lipinski definition) is 3. The summed E-state index contributed by atoms with van der Waals surface area (Å²) in [6, 6.07) is 0. The Bertz CT molecular complexity index is 240. The topological polar surface area (TPSA) is 54.4 Å². The fraction of sp³-hybridized carbons (Fsp3) is 0.818. The zero-order valence-electron chi connectivity index (χ0n) is 9.87. The van der Waals surface area contributed by atoms with Gasteiger partial charge in [-0.05, 0) is 19.1 Å². The fourth-order valence-electron chi connectivity index (χ4n) is 1.42. The average molecular weight is 232 g/mol. The lowest BCUT2D eigenvalue weighted by Gasteiger charge is -2.29. The van der Waals surface area contributed by atoms with Gasteiger partial charge in [0, 0.05) is 11.7 Å². The molecule has 1 N–H and O–H groups in total. The maximum Gasteiger partial charge on any atom is 0.318 e. The Morgan fingerprint density at radius 1 is 1.40 bits per heavy atom. The molecule has 0 aromatic carbocycles. The highest BCUT2D eigenvalue weighted by molar-refractivity contribution is 7.99. The van der Waals surface area contributed by atoms with Crippen molar-refractivity contribution in [1.29, 1.82) is 0 Å². The van der Waals surface area contributed by atoms with Crippen molar-refractivity contribution in [3.63, 3.8) is 0 Å². The van der Waals surface area contributed by atoms with Crippen LogP contribution in [-0.4, -0.2) is 27.9 Å². The highest BCUT2D eigenvalue weighted by atomic mass is 32.2. The number of carboxylic acids is 1. The highest BCUT2D eigenvalue weighted by Gasteiger charge is 2.45. The molecule has 0 aromatic heterocycles. The summed E-state index contributed by atoms with van der Waals surface area (Å²) in [6.45, 7) is 7.21. The zero-order valence-corrected chi connectivity index (χ0v) is 10.7. The van der Waals surface area contributed by atoms with Gasteiger partial charge in [0.15, 0.2) is 5.78 Å². The van der Waals surface area contributed by atoms with Gasteiger partial charge in [-0.25, -0.2) is 0 Å². The van der Waals surface area contributed by atoms with Gasteiger partial charge in [-0.2, -0.15) is 11.8 Å². The minimum atomic E-state index is -1.24.